The van der Waals surface area contributed by atoms with Crippen molar-refractivity contribution >= 4 is 18.5 Å². The minimum absolute atomic E-state index is 0.335. The zero-order chi connectivity index (χ0) is 13.1. The number of alkyl halides is 3. The highest BCUT2D eigenvalue weighted by Crippen LogP contribution is 2.20. The zero-order valence-corrected chi connectivity index (χ0v) is 10.1. The second-order valence-corrected chi connectivity index (χ2v) is 4.16. The first-order chi connectivity index (χ1) is 7.79. The van der Waals surface area contributed by atoms with Gasteiger partial charge in [-0.25, -0.2) is 0 Å². The van der Waals surface area contributed by atoms with Crippen LogP contribution in [0.3, 0.4) is 0 Å². The van der Waals surface area contributed by atoms with E-state index in [2.05, 4.69) is 12.6 Å². The summed E-state index contributed by atoms with van der Waals surface area (Å²) in [5.41, 5.74) is 0.335. The van der Waals surface area contributed by atoms with Gasteiger partial charge >= 0.3 is 6.18 Å². The Labute approximate surface area is 103 Å². The number of hydrogen-bond donors (Lipinski definition) is 1. The number of halogens is 3. The molecule has 0 aromatic heterocycles. The van der Waals surface area contributed by atoms with Gasteiger partial charge < -0.3 is 4.90 Å². The average Bonchev–Trinajstić information content (AvgIpc) is 2.24. The third-order valence-electron chi connectivity index (χ3n) is 2.17. The Kier molecular flexibility index (Phi) is 4.45. The molecule has 0 aliphatic heterocycles. The number of rotatable bonds is 3. The van der Waals surface area contributed by atoms with Gasteiger partial charge in [0.25, 0.3) is 5.91 Å². The lowest BCUT2D eigenvalue weighted by Crippen LogP contribution is -2.30. The van der Waals surface area contributed by atoms with Crippen LogP contribution in [0.2, 0.25) is 0 Å². The van der Waals surface area contributed by atoms with E-state index in [1.54, 1.807) is 18.2 Å². The predicted molar refractivity (Wildman–Crippen MR) is 61.3 cm³/mol. The molecule has 0 N–H and O–H groups in total. The first-order valence-electron chi connectivity index (χ1n) is 4.91. The maximum absolute atomic E-state index is 12.0. The summed E-state index contributed by atoms with van der Waals surface area (Å²) in [6, 6.07) is 6.39. The van der Waals surface area contributed by atoms with E-state index in [1.807, 2.05) is 0 Å². The number of thiol groups is 1. The summed E-state index contributed by atoms with van der Waals surface area (Å²) in [6.45, 7) is -0.348. The second-order valence-electron chi connectivity index (χ2n) is 3.64. The first-order valence-corrected chi connectivity index (χ1v) is 5.35. The predicted octanol–water partition coefficient (Wildman–Crippen LogP) is 3.00. The Bertz CT molecular complexity index is 406. The van der Waals surface area contributed by atoms with Crippen molar-refractivity contribution in [2.45, 2.75) is 17.5 Å². The van der Waals surface area contributed by atoms with Crippen LogP contribution in [0.15, 0.2) is 29.2 Å². The summed E-state index contributed by atoms with van der Waals surface area (Å²) in [5, 5.41) is 0. The maximum atomic E-state index is 12.0. The van der Waals surface area contributed by atoms with Gasteiger partial charge in [0.1, 0.15) is 0 Å². The van der Waals surface area contributed by atoms with Crippen molar-refractivity contribution in [1.29, 1.82) is 0 Å². The summed E-state index contributed by atoms with van der Waals surface area (Å²) in [7, 11) is 1.35. The molecular weight excluding hydrogens is 251 g/mol. The van der Waals surface area contributed by atoms with Gasteiger partial charge in [-0.15, -0.1) is 12.6 Å². The van der Waals surface area contributed by atoms with E-state index in [-0.39, 0.29) is 6.54 Å². The van der Waals surface area contributed by atoms with Crippen molar-refractivity contribution in [2.24, 2.45) is 0 Å². The molecule has 0 aliphatic carbocycles. The van der Waals surface area contributed by atoms with Crippen LogP contribution in [0.4, 0.5) is 13.2 Å². The van der Waals surface area contributed by atoms with Gasteiger partial charge in [-0.1, -0.05) is 6.07 Å². The van der Waals surface area contributed by atoms with Gasteiger partial charge in [0.2, 0.25) is 0 Å². The number of benzene rings is 1. The van der Waals surface area contributed by atoms with E-state index >= 15 is 0 Å². The quantitative estimate of drug-likeness (QED) is 0.831. The molecule has 0 atom stereocenters. The van der Waals surface area contributed by atoms with Crippen molar-refractivity contribution in [2.75, 3.05) is 13.6 Å². The van der Waals surface area contributed by atoms with Gasteiger partial charge in [-0.05, 0) is 18.2 Å². The molecule has 0 heterocycles. The highest BCUT2D eigenvalue weighted by molar-refractivity contribution is 7.80. The van der Waals surface area contributed by atoms with Crippen molar-refractivity contribution in [1.82, 2.24) is 4.90 Å². The van der Waals surface area contributed by atoms with Crippen molar-refractivity contribution in [3.8, 4) is 0 Å². The summed E-state index contributed by atoms with van der Waals surface area (Å²) >= 11 is 4.06. The molecule has 0 aliphatic rings. The summed E-state index contributed by atoms with van der Waals surface area (Å²) < 4.78 is 36.0. The van der Waals surface area contributed by atoms with Crippen LogP contribution >= 0.6 is 12.6 Å². The molecule has 2 nitrogen and oxygen atoms in total. The molecule has 1 rings (SSSR count). The minimum Gasteiger partial charge on any atom is -0.341 e. The zero-order valence-electron chi connectivity index (χ0n) is 9.16. The van der Waals surface area contributed by atoms with Crippen LogP contribution in [0.5, 0.6) is 0 Å². The molecule has 0 saturated carbocycles. The fourth-order valence-electron chi connectivity index (χ4n) is 1.26. The fourth-order valence-corrected chi connectivity index (χ4v) is 1.48. The van der Waals surface area contributed by atoms with E-state index < -0.39 is 18.5 Å². The van der Waals surface area contributed by atoms with Crippen molar-refractivity contribution in [3.05, 3.63) is 29.8 Å². The van der Waals surface area contributed by atoms with Crippen LogP contribution in [0.1, 0.15) is 16.8 Å². The maximum Gasteiger partial charge on any atom is 0.390 e. The van der Waals surface area contributed by atoms with E-state index in [4.69, 9.17) is 0 Å². The SMILES string of the molecule is CN(CCC(F)(F)F)C(=O)c1cccc(S)c1. The molecule has 0 saturated heterocycles. The van der Waals surface area contributed by atoms with Crippen molar-refractivity contribution < 1.29 is 18.0 Å². The van der Waals surface area contributed by atoms with Gasteiger partial charge in [0.15, 0.2) is 0 Å². The molecular formula is C11H12F3NOS. The molecule has 6 heteroatoms. The Hall–Kier alpha value is -1.17. The van der Waals surface area contributed by atoms with E-state index in [0.717, 1.165) is 4.90 Å². The number of nitrogens with zero attached hydrogens (tertiary/aromatic N) is 1. The normalized spacial score (nSPS) is 11.4. The smallest absolute Gasteiger partial charge is 0.341 e. The summed E-state index contributed by atoms with van der Waals surface area (Å²) in [5.74, 6) is -0.440. The van der Waals surface area contributed by atoms with Gasteiger partial charge in [0.05, 0.1) is 6.42 Å². The van der Waals surface area contributed by atoms with Crippen LogP contribution < -0.4 is 0 Å². The monoisotopic (exact) mass is 263 g/mol. The number of carbonyl (C=O) groups is 1. The Morgan fingerprint density at radius 2 is 2.06 bits per heavy atom. The van der Waals surface area contributed by atoms with Crippen LogP contribution in [0, 0.1) is 0 Å². The molecule has 0 radical (unpaired) electrons. The topological polar surface area (TPSA) is 20.3 Å². The Morgan fingerprint density at radius 1 is 1.41 bits per heavy atom. The highest BCUT2D eigenvalue weighted by atomic mass is 32.1. The van der Waals surface area contributed by atoms with E-state index in [1.165, 1.54) is 13.1 Å². The van der Waals surface area contributed by atoms with E-state index in [9.17, 15) is 18.0 Å². The Balaban J connectivity index is 2.64. The molecule has 1 aromatic carbocycles. The molecule has 0 fully saturated rings. The number of carbonyl (C=O) groups excluding carboxylic acids is 1. The molecule has 0 unspecified atom stereocenters. The summed E-state index contributed by atoms with van der Waals surface area (Å²) in [4.78, 5) is 13.4. The second kappa shape index (κ2) is 5.44. The highest BCUT2D eigenvalue weighted by Gasteiger charge is 2.28. The standard InChI is InChI=1S/C11H12F3NOS/c1-15(6-5-11(12,13)14)10(16)8-3-2-4-9(17)7-8/h2-4,7,17H,5-6H2,1H3. The molecule has 1 aromatic rings. The Morgan fingerprint density at radius 3 is 2.59 bits per heavy atom. The van der Waals surface area contributed by atoms with Crippen LogP contribution in [-0.2, 0) is 0 Å². The third kappa shape index (κ3) is 4.68. The third-order valence-corrected chi connectivity index (χ3v) is 2.45. The molecule has 0 spiro atoms. The minimum atomic E-state index is -4.25. The first kappa shape index (κ1) is 13.9. The van der Waals surface area contributed by atoms with Gasteiger partial charge in [-0.2, -0.15) is 13.2 Å². The molecule has 94 valence electrons. The largest absolute Gasteiger partial charge is 0.390 e. The number of hydrogen-bond acceptors (Lipinski definition) is 2. The lowest BCUT2D eigenvalue weighted by atomic mass is 10.2. The molecule has 0 bridgehead atoms. The lowest BCUT2D eigenvalue weighted by Gasteiger charge is -2.18. The van der Waals surface area contributed by atoms with E-state index in [0.29, 0.717) is 10.5 Å². The van der Waals surface area contributed by atoms with Crippen LogP contribution in [0.25, 0.3) is 0 Å². The summed E-state index contributed by atoms with van der Waals surface area (Å²) in [6.07, 6.45) is -5.25. The van der Waals surface area contributed by atoms with Crippen LogP contribution in [-0.4, -0.2) is 30.6 Å². The fraction of sp³-hybridized carbons (Fsp3) is 0.364. The molecule has 1 amide bonds. The van der Waals surface area contributed by atoms with Gasteiger partial charge in [0, 0.05) is 24.1 Å². The lowest BCUT2D eigenvalue weighted by molar-refractivity contribution is -0.136. The number of amides is 1. The average molecular weight is 263 g/mol. The van der Waals surface area contributed by atoms with Gasteiger partial charge in [-0.3, -0.25) is 4.79 Å². The molecule has 17 heavy (non-hydrogen) atoms. The van der Waals surface area contributed by atoms with Crippen molar-refractivity contribution in [3.63, 3.8) is 0 Å².